The van der Waals surface area contributed by atoms with Gasteiger partial charge in [0, 0.05) is 0 Å². The first-order valence-electron chi connectivity index (χ1n) is 5.19. The Labute approximate surface area is 125 Å². The highest BCUT2D eigenvalue weighted by molar-refractivity contribution is 6.76. The lowest BCUT2D eigenvalue weighted by molar-refractivity contribution is -0.120. The van der Waals surface area contributed by atoms with Crippen LogP contribution < -0.4 is 5.32 Å². The van der Waals surface area contributed by atoms with Gasteiger partial charge in [-0.3, -0.25) is 4.79 Å². The lowest BCUT2D eigenvalue weighted by atomic mass is 10.2. The molecule has 1 unspecified atom stereocenters. The van der Waals surface area contributed by atoms with E-state index < -0.39 is 21.7 Å². The maximum atomic E-state index is 11.5. The smallest absolute Gasteiger partial charge is 0.466 e. The van der Waals surface area contributed by atoms with Crippen LogP contribution in [0.1, 0.15) is 13.8 Å². The van der Waals surface area contributed by atoms with Crippen LogP contribution in [0.3, 0.4) is 0 Å². The van der Waals surface area contributed by atoms with Crippen LogP contribution in [0.2, 0.25) is 0 Å². The fraction of sp³-hybridized carbons (Fsp3) is 0.500. The van der Waals surface area contributed by atoms with Crippen LogP contribution in [0.15, 0.2) is 23.8 Å². The predicted octanol–water partition coefficient (Wildman–Crippen LogP) is 3.03. The highest BCUT2D eigenvalue weighted by Gasteiger charge is 2.37. The van der Waals surface area contributed by atoms with E-state index in [-0.39, 0.29) is 12.3 Å². The van der Waals surface area contributed by atoms with Crippen molar-refractivity contribution < 1.29 is 14.6 Å². The Hall–Kier alpha value is -1.16. The Balaban J connectivity index is 5.27. The van der Waals surface area contributed by atoms with E-state index in [0.717, 1.165) is 0 Å². The van der Waals surface area contributed by atoms with E-state index in [1.807, 2.05) is 0 Å². The molecule has 0 spiro atoms. The third-order valence-electron chi connectivity index (χ3n) is 1.83. The molecule has 0 aromatic rings. The number of hydrogen-bond acceptors (Lipinski definition) is 4. The van der Waals surface area contributed by atoms with Crippen LogP contribution >= 0.6 is 34.8 Å². The first-order chi connectivity index (χ1) is 8.77. The highest BCUT2D eigenvalue weighted by Crippen LogP contribution is 2.26. The molecular weight excluding hydrogens is 316 g/mol. The first kappa shape index (κ1) is 17.8. The molecule has 0 aliphatic heterocycles. The predicted molar refractivity (Wildman–Crippen MR) is 73.4 cm³/mol. The van der Waals surface area contributed by atoms with Crippen molar-refractivity contribution in [2.75, 3.05) is 6.61 Å². The fourth-order valence-corrected chi connectivity index (χ4v) is 1.24. The van der Waals surface area contributed by atoms with Crippen LogP contribution in [-0.4, -0.2) is 27.5 Å². The van der Waals surface area contributed by atoms with Gasteiger partial charge in [0.2, 0.25) is 5.39 Å². The maximum Gasteiger partial charge on any atom is 0.466 e. The summed E-state index contributed by atoms with van der Waals surface area (Å²) in [4.78, 5) is 14.4. The van der Waals surface area contributed by atoms with Gasteiger partial charge in [-0.1, -0.05) is 47.0 Å². The molecule has 19 heavy (non-hydrogen) atoms. The van der Waals surface area contributed by atoms with Crippen LogP contribution in [0.5, 0.6) is 0 Å². The molecule has 0 saturated carbocycles. The topological polar surface area (TPSA) is 86.7 Å². The summed E-state index contributed by atoms with van der Waals surface area (Å²) in [6.45, 7) is 3.42. The van der Waals surface area contributed by atoms with E-state index in [9.17, 15) is 9.90 Å². The molecule has 0 heterocycles. The molecule has 0 aliphatic carbocycles. The number of carbonyl (C=O) groups is 1. The SMILES string of the molecule is C/C=C/C(NC(=O)C(Cl)(Cl)Cl)/C([N+]#N)=C(\O)OCC. The van der Waals surface area contributed by atoms with Crippen molar-refractivity contribution in [3.05, 3.63) is 28.8 Å². The molecule has 1 atom stereocenters. The summed E-state index contributed by atoms with van der Waals surface area (Å²) in [5.41, 5.74) is -0.317. The molecule has 0 aromatic heterocycles. The fourth-order valence-electron chi connectivity index (χ4n) is 1.07. The number of hydrogen-bond donors (Lipinski definition) is 2. The summed E-state index contributed by atoms with van der Waals surface area (Å²) < 4.78 is 2.61. The van der Waals surface area contributed by atoms with Crippen molar-refractivity contribution in [3.63, 3.8) is 0 Å². The standard InChI is InChI=1S/C10H12Cl3N3O3/c1-3-5-6(15-9(18)10(11,12)13)7(16-14)8(17)19-4-2/h3,5-6H,4H2,1-2H3,(H-,15,17,18)/p+1/b5-3+,8-7-. The third-order valence-corrected chi connectivity index (χ3v) is 2.35. The average Bonchev–Trinajstić information content (AvgIpc) is 2.29. The number of carbonyl (C=O) groups excluding carboxylic acids is 1. The van der Waals surface area contributed by atoms with Crippen molar-refractivity contribution in [2.24, 2.45) is 0 Å². The number of aliphatic hydroxyl groups is 1. The lowest BCUT2D eigenvalue weighted by Gasteiger charge is -2.14. The van der Waals surface area contributed by atoms with Crippen molar-refractivity contribution in [1.29, 1.82) is 5.39 Å². The number of ether oxygens (including phenoxy) is 1. The molecule has 9 heteroatoms. The van der Waals surface area contributed by atoms with Crippen LogP contribution in [0.4, 0.5) is 0 Å². The van der Waals surface area contributed by atoms with Gasteiger partial charge in [-0.25, -0.2) is 0 Å². The molecule has 0 radical (unpaired) electrons. The minimum atomic E-state index is -2.18. The summed E-state index contributed by atoms with van der Waals surface area (Å²) in [7, 11) is 0. The van der Waals surface area contributed by atoms with Gasteiger partial charge in [0.1, 0.15) is 0 Å². The molecule has 1 amide bonds. The van der Waals surface area contributed by atoms with Crippen LogP contribution in [0.25, 0.3) is 4.98 Å². The summed E-state index contributed by atoms with van der Waals surface area (Å²) >= 11 is 16.2. The second-order valence-electron chi connectivity index (χ2n) is 3.20. The molecule has 6 nitrogen and oxygen atoms in total. The molecule has 0 bridgehead atoms. The van der Waals surface area contributed by atoms with Gasteiger partial charge in [-0.15, -0.1) is 0 Å². The molecule has 0 rings (SSSR count). The Morgan fingerprint density at radius 3 is 2.53 bits per heavy atom. The van der Waals surface area contributed by atoms with Gasteiger partial charge < -0.3 is 15.2 Å². The van der Waals surface area contributed by atoms with Crippen LogP contribution in [0, 0.1) is 5.39 Å². The van der Waals surface area contributed by atoms with Gasteiger partial charge in [-0.05, 0) is 13.8 Å². The number of allylic oxidation sites excluding steroid dienone is 1. The number of aliphatic hydroxyl groups excluding tert-OH is 1. The highest BCUT2D eigenvalue weighted by atomic mass is 35.6. The number of diazo groups is 1. The van der Waals surface area contributed by atoms with Crippen molar-refractivity contribution in [1.82, 2.24) is 5.32 Å². The Morgan fingerprint density at radius 2 is 2.16 bits per heavy atom. The summed E-state index contributed by atoms with van der Waals surface area (Å²) in [6, 6.07) is -1.01. The maximum absolute atomic E-state index is 11.5. The Kier molecular flexibility index (Phi) is 7.61. The van der Waals surface area contributed by atoms with Crippen LogP contribution in [-0.2, 0) is 9.53 Å². The largest absolute Gasteiger partial charge is 0.475 e. The van der Waals surface area contributed by atoms with E-state index in [2.05, 4.69) is 10.3 Å². The summed E-state index contributed by atoms with van der Waals surface area (Å²) in [6.07, 6.45) is 2.96. The zero-order valence-corrected chi connectivity index (χ0v) is 12.5. The molecule has 0 saturated heterocycles. The number of amides is 1. The normalized spacial score (nSPS) is 14.5. The molecule has 0 aliphatic rings. The average molecular weight is 330 g/mol. The minimum Gasteiger partial charge on any atom is -0.475 e. The van der Waals surface area contributed by atoms with Gasteiger partial charge in [0.05, 0.1) is 6.61 Å². The molecule has 106 valence electrons. The van der Waals surface area contributed by atoms with E-state index in [1.165, 1.54) is 6.08 Å². The van der Waals surface area contributed by atoms with Gasteiger partial charge >= 0.3 is 11.6 Å². The molecule has 0 fully saturated rings. The van der Waals surface area contributed by atoms with E-state index in [4.69, 9.17) is 44.9 Å². The van der Waals surface area contributed by atoms with E-state index in [0.29, 0.717) is 0 Å². The number of nitrogens with one attached hydrogen (secondary N) is 1. The number of halogens is 3. The first-order valence-corrected chi connectivity index (χ1v) is 6.32. The van der Waals surface area contributed by atoms with Crippen molar-refractivity contribution >= 4 is 40.7 Å². The van der Waals surface area contributed by atoms with Crippen molar-refractivity contribution in [3.8, 4) is 0 Å². The lowest BCUT2D eigenvalue weighted by Crippen LogP contribution is -2.41. The second kappa shape index (κ2) is 8.10. The van der Waals surface area contributed by atoms with E-state index >= 15 is 0 Å². The quantitative estimate of drug-likeness (QED) is 0.351. The van der Waals surface area contributed by atoms with E-state index in [1.54, 1.807) is 19.9 Å². The van der Waals surface area contributed by atoms with Gasteiger partial charge in [0.25, 0.3) is 9.70 Å². The molecule has 2 N–H and O–H groups in total. The zero-order valence-electron chi connectivity index (χ0n) is 10.2. The molecule has 0 aromatic carbocycles. The molecular formula is C10H13Cl3N3O3+. The minimum absolute atomic E-state index is 0.145. The Bertz CT molecular complexity index is 424. The number of nitrogens with zero attached hydrogens (tertiary/aromatic N) is 2. The van der Waals surface area contributed by atoms with Gasteiger partial charge in [-0.2, -0.15) is 0 Å². The Morgan fingerprint density at radius 1 is 1.58 bits per heavy atom. The number of alkyl halides is 3. The summed E-state index contributed by atoms with van der Waals surface area (Å²) in [5, 5.41) is 20.7. The third kappa shape index (κ3) is 6.01. The van der Waals surface area contributed by atoms with Gasteiger partial charge in [0.15, 0.2) is 11.0 Å². The summed E-state index contributed by atoms with van der Waals surface area (Å²) in [5.74, 6) is -1.58. The number of rotatable bonds is 5. The zero-order chi connectivity index (χ0) is 15.1. The monoisotopic (exact) mass is 328 g/mol. The second-order valence-corrected chi connectivity index (χ2v) is 5.48. The van der Waals surface area contributed by atoms with Crippen molar-refractivity contribution in [2.45, 2.75) is 23.7 Å².